The SMILES string of the molecule is CC[C@@H](C)[C@@H](NC(N)=O)C(=O)NNC(=O)COc1ccc(C(C)(C)C)cc1. The van der Waals surface area contributed by atoms with Crippen LogP contribution in [0, 0.1) is 5.92 Å². The van der Waals surface area contributed by atoms with E-state index >= 15 is 0 Å². The highest BCUT2D eigenvalue weighted by atomic mass is 16.5. The lowest BCUT2D eigenvalue weighted by Crippen LogP contribution is -2.56. The van der Waals surface area contributed by atoms with E-state index in [1.165, 1.54) is 0 Å². The van der Waals surface area contributed by atoms with Gasteiger partial charge in [0.15, 0.2) is 6.61 Å². The fourth-order valence-corrected chi connectivity index (χ4v) is 2.30. The van der Waals surface area contributed by atoms with Gasteiger partial charge in [-0.15, -0.1) is 0 Å². The summed E-state index contributed by atoms with van der Waals surface area (Å²) in [6.07, 6.45) is 0.653. The average Bonchev–Trinajstić information content (AvgIpc) is 2.61. The van der Waals surface area contributed by atoms with Gasteiger partial charge in [-0.25, -0.2) is 4.79 Å². The molecule has 0 fully saturated rings. The van der Waals surface area contributed by atoms with Crippen molar-refractivity contribution in [3.8, 4) is 5.75 Å². The number of hydrazine groups is 1. The van der Waals surface area contributed by atoms with Crippen LogP contribution in [0.25, 0.3) is 0 Å². The molecule has 150 valence electrons. The van der Waals surface area contributed by atoms with Gasteiger partial charge < -0.3 is 15.8 Å². The molecule has 0 saturated heterocycles. The van der Waals surface area contributed by atoms with E-state index in [1.54, 1.807) is 19.1 Å². The number of amides is 4. The number of benzene rings is 1. The summed E-state index contributed by atoms with van der Waals surface area (Å²) in [5.74, 6) is -0.666. The normalized spacial score (nSPS) is 13.2. The van der Waals surface area contributed by atoms with Gasteiger partial charge in [0.2, 0.25) is 0 Å². The molecule has 0 saturated carbocycles. The van der Waals surface area contributed by atoms with Crippen LogP contribution in [-0.4, -0.2) is 30.5 Å². The zero-order valence-corrected chi connectivity index (χ0v) is 16.6. The van der Waals surface area contributed by atoms with E-state index in [2.05, 4.69) is 36.9 Å². The first-order valence-corrected chi connectivity index (χ1v) is 8.92. The molecular weight excluding hydrogens is 348 g/mol. The molecule has 1 rings (SSSR count). The maximum atomic E-state index is 12.2. The second-order valence-corrected chi connectivity index (χ2v) is 7.47. The summed E-state index contributed by atoms with van der Waals surface area (Å²) in [5.41, 5.74) is 10.8. The molecule has 4 amide bonds. The Bertz CT molecular complexity index is 653. The van der Waals surface area contributed by atoms with Gasteiger partial charge in [-0.3, -0.25) is 20.4 Å². The minimum Gasteiger partial charge on any atom is -0.484 e. The number of rotatable bonds is 7. The van der Waals surface area contributed by atoms with Crippen molar-refractivity contribution in [3.05, 3.63) is 29.8 Å². The van der Waals surface area contributed by atoms with Crippen molar-refractivity contribution in [2.75, 3.05) is 6.61 Å². The fourth-order valence-electron chi connectivity index (χ4n) is 2.30. The molecule has 0 aromatic heterocycles. The highest BCUT2D eigenvalue weighted by Gasteiger charge is 2.25. The summed E-state index contributed by atoms with van der Waals surface area (Å²) in [6.45, 7) is 9.75. The highest BCUT2D eigenvalue weighted by Crippen LogP contribution is 2.24. The minimum absolute atomic E-state index is 0.0330. The van der Waals surface area contributed by atoms with E-state index in [4.69, 9.17) is 10.5 Å². The van der Waals surface area contributed by atoms with Crippen LogP contribution in [0.3, 0.4) is 0 Å². The van der Waals surface area contributed by atoms with Gasteiger partial charge in [-0.1, -0.05) is 53.2 Å². The summed E-state index contributed by atoms with van der Waals surface area (Å²) in [5, 5.41) is 2.37. The van der Waals surface area contributed by atoms with Crippen LogP contribution in [0.4, 0.5) is 4.79 Å². The molecule has 0 aliphatic heterocycles. The molecule has 0 aliphatic carbocycles. The number of primary amides is 1. The molecule has 0 spiro atoms. The molecule has 8 nitrogen and oxygen atoms in total. The molecule has 1 aromatic rings. The zero-order valence-electron chi connectivity index (χ0n) is 16.6. The third kappa shape index (κ3) is 7.55. The van der Waals surface area contributed by atoms with Crippen LogP contribution in [-0.2, 0) is 15.0 Å². The van der Waals surface area contributed by atoms with Crippen molar-refractivity contribution in [1.82, 2.24) is 16.2 Å². The topological polar surface area (TPSA) is 123 Å². The Labute approximate surface area is 160 Å². The quantitative estimate of drug-likeness (QED) is 0.538. The number of hydrogen-bond acceptors (Lipinski definition) is 4. The Balaban J connectivity index is 2.50. The van der Waals surface area contributed by atoms with E-state index in [0.29, 0.717) is 12.2 Å². The van der Waals surface area contributed by atoms with Crippen LogP contribution in [0.2, 0.25) is 0 Å². The van der Waals surface area contributed by atoms with Gasteiger partial charge in [0.1, 0.15) is 11.8 Å². The van der Waals surface area contributed by atoms with Crippen molar-refractivity contribution in [2.45, 2.75) is 52.5 Å². The number of hydrogen-bond donors (Lipinski definition) is 4. The lowest BCUT2D eigenvalue weighted by molar-refractivity contribution is -0.131. The predicted octanol–water partition coefficient (Wildman–Crippen LogP) is 1.59. The van der Waals surface area contributed by atoms with Crippen molar-refractivity contribution in [3.63, 3.8) is 0 Å². The predicted molar refractivity (Wildman–Crippen MR) is 103 cm³/mol. The molecule has 0 heterocycles. The molecule has 0 bridgehead atoms. The molecule has 0 aliphatic rings. The molecule has 0 unspecified atom stereocenters. The van der Waals surface area contributed by atoms with Crippen LogP contribution >= 0.6 is 0 Å². The van der Waals surface area contributed by atoms with Gasteiger partial charge in [0.25, 0.3) is 11.8 Å². The minimum atomic E-state index is -0.835. The second kappa shape index (κ2) is 9.80. The molecule has 0 radical (unpaired) electrons. The van der Waals surface area contributed by atoms with E-state index < -0.39 is 23.9 Å². The lowest BCUT2D eigenvalue weighted by atomic mass is 9.87. The summed E-state index contributed by atoms with van der Waals surface area (Å²) in [4.78, 5) is 35.1. The largest absolute Gasteiger partial charge is 0.484 e. The Hall–Kier alpha value is -2.77. The van der Waals surface area contributed by atoms with Crippen molar-refractivity contribution < 1.29 is 19.1 Å². The number of urea groups is 1. The molecule has 2 atom stereocenters. The van der Waals surface area contributed by atoms with Crippen LogP contribution < -0.4 is 26.6 Å². The maximum absolute atomic E-state index is 12.2. The van der Waals surface area contributed by atoms with Gasteiger partial charge in [0.05, 0.1) is 0 Å². The van der Waals surface area contributed by atoms with E-state index in [0.717, 1.165) is 5.56 Å². The third-order valence-electron chi connectivity index (χ3n) is 4.21. The number of nitrogens with one attached hydrogen (secondary N) is 3. The summed E-state index contributed by atoms with van der Waals surface area (Å²) < 4.78 is 5.41. The first kappa shape index (κ1) is 22.3. The van der Waals surface area contributed by atoms with E-state index in [9.17, 15) is 14.4 Å². The first-order valence-electron chi connectivity index (χ1n) is 8.92. The highest BCUT2D eigenvalue weighted by molar-refractivity contribution is 5.88. The third-order valence-corrected chi connectivity index (χ3v) is 4.21. The summed E-state index contributed by atoms with van der Waals surface area (Å²) >= 11 is 0. The Morgan fingerprint density at radius 1 is 1.11 bits per heavy atom. The Kier molecular flexibility index (Phi) is 8.08. The Morgan fingerprint density at radius 2 is 1.70 bits per heavy atom. The molecule has 1 aromatic carbocycles. The fraction of sp³-hybridized carbons (Fsp3) is 0.526. The monoisotopic (exact) mass is 378 g/mol. The van der Waals surface area contributed by atoms with Crippen LogP contribution in [0.15, 0.2) is 24.3 Å². The molecular formula is C19H30N4O4. The lowest BCUT2D eigenvalue weighted by Gasteiger charge is -2.22. The standard InChI is InChI=1S/C19H30N4O4/c1-6-12(2)16(21-18(20)26)17(25)23-22-15(24)11-27-14-9-7-13(8-10-14)19(3,4)5/h7-10,12,16H,6,11H2,1-5H3,(H,22,24)(H,23,25)(H3,20,21,26)/t12-,16-/m1/s1. The Morgan fingerprint density at radius 3 is 2.19 bits per heavy atom. The van der Waals surface area contributed by atoms with Crippen LogP contribution in [0.5, 0.6) is 5.75 Å². The second-order valence-electron chi connectivity index (χ2n) is 7.47. The summed E-state index contributed by atoms with van der Waals surface area (Å²) in [7, 11) is 0. The smallest absolute Gasteiger partial charge is 0.312 e. The maximum Gasteiger partial charge on any atom is 0.312 e. The van der Waals surface area contributed by atoms with Gasteiger partial charge in [0, 0.05) is 0 Å². The molecule has 5 N–H and O–H groups in total. The first-order chi connectivity index (χ1) is 12.5. The molecule has 8 heteroatoms. The van der Waals surface area contributed by atoms with E-state index in [-0.39, 0.29) is 17.9 Å². The van der Waals surface area contributed by atoms with E-state index in [1.807, 2.05) is 19.1 Å². The molecule has 27 heavy (non-hydrogen) atoms. The van der Waals surface area contributed by atoms with Crippen molar-refractivity contribution >= 4 is 17.8 Å². The van der Waals surface area contributed by atoms with Crippen molar-refractivity contribution in [1.29, 1.82) is 0 Å². The number of carbonyl (C=O) groups is 3. The number of carbonyl (C=O) groups excluding carboxylic acids is 3. The van der Waals surface area contributed by atoms with Crippen molar-refractivity contribution in [2.24, 2.45) is 11.7 Å². The summed E-state index contributed by atoms with van der Waals surface area (Å²) in [6, 6.07) is 5.84. The van der Waals surface area contributed by atoms with Gasteiger partial charge >= 0.3 is 6.03 Å². The van der Waals surface area contributed by atoms with Crippen LogP contribution in [0.1, 0.15) is 46.6 Å². The number of nitrogens with two attached hydrogens (primary N) is 1. The van der Waals surface area contributed by atoms with Gasteiger partial charge in [-0.05, 0) is 29.0 Å². The zero-order chi connectivity index (χ0) is 20.6. The number of ether oxygens (including phenoxy) is 1. The average molecular weight is 378 g/mol. The van der Waals surface area contributed by atoms with Gasteiger partial charge in [-0.2, -0.15) is 0 Å².